The number of nitrogens with two attached hydrogens (primary N) is 1. The van der Waals surface area contributed by atoms with E-state index in [0.717, 1.165) is 28.3 Å². The van der Waals surface area contributed by atoms with Crippen LogP contribution in [0.1, 0.15) is 34.4 Å². The van der Waals surface area contributed by atoms with E-state index in [-0.39, 0.29) is 6.04 Å². The Labute approximate surface area is 118 Å². The molecule has 0 amide bonds. The number of aromatic nitrogens is 3. The number of hydrogen-bond donors (Lipinski definition) is 1. The Balaban J connectivity index is 2.28. The molecular weight excluding hydrogens is 260 g/mol. The Bertz CT molecular complexity index is 604. The summed E-state index contributed by atoms with van der Waals surface area (Å²) in [6.07, 6.45) is 0.655. The second-order valence-corrected chi connectivity index (χ2v) is 5.29. The first kappa shape index (κ1) is 14.0. The van der Waals surface area contributed by atoms with Gasteiger partial charge in [-0.1, -0.05) is 17.7 Å². The molecule has 0 bridgehead atoms. The summed E-state index contributed by atoms with van der Waals surface area (Å²) in [4.78, 5) is 4.45. The Hall–Kier alpha value is -1.39. The smallest absolute Gasteiger partial charge is 0.0847 e. The lowest BCUT2D eigenvalue weighted by Gasteiger charge is -2.15. The third-order valence-electron chi connectivity index (χ3n) is 3.34. The van der Waals surface area contributed by atoms with Crippen molar-refractivity contribution < 1.29 is 0 Å². The number of rotatable bonds is 3. The molecule has 0 spiro atoms. The van der Waals surface area contributed by atoms with E-state index in [2.05, 4.69) is 10.1 Å². The average Bonchev–Trinajstić information content (AvgIpc) is 2.56. The quantitative estimate of drug-likeness (QED) is 0.939. The molecule has 2 aromatic rings. The van der Waals surface area contributed by atoms with Crippen molar-refractivity contribution in [3.8, 4) is 0 Å². The van der Waals surface area contributed by atoms with Crippen LogP contribution in [-0.2, 0) is 13.5 Å². The predicted octanol–water partition coefficient (Wildman–Crippen LogP) is 2.64. The molecule has 19 heavy (non-hydrogen) atoms. The largest absolute Gasteiger partial charge is 0.324 e. The minimum atomic E-state index is -0.125. The summed E-state index contributed by atoms with van der Waals surface area (Å²) >= 11 is 6.26. The minimum Gasteiger partial charge on any atom is -0.324 e. The molecule has 2 heterocycles. The molecule has 0 aliphatic rings. The van der Waals surface area contributed by atoms with Crippen LogP contribution in [-0.4, -0.2) is 14.8 Å². The maximum atomic E-state index is 6.29. The van der Waals surface area contributed by atoms with Gasteiger partial charge < -0.3 is 5.73 Å². The van der Waals surface area contributed by atoms with Crippen LogP contribution in [0.15, 0.2) is 12.1 Å². The third kappa shape index (κ3) is 2.80. The van der Waals surface area contributed by atoms with E-state index in [9.17, 15) is 0 Å². The van der Waals surface area contributed by atoms with Crippen LogP contribution in [0.25, 0.3) is 0 Å². The maximum absolute atomic E-state index is 6.29. The Morgan fingerprint density at radius 1 is 1.26 bits per heavy atom. The molecule has 0 aromatic carbocycles. The fourth-order valence-corrected chi connectivity index (χ4v) is 2.55. The van der Waals surface area contributed by atoms with Gasteiger partial charge in [-0.15, -0.1) is 0 Å². The van der Waals surface area contributed by atoms with Crippen molar-refractivity contribution in [2.75, 3.05) is 0 Å². The molecule has 2 N–H and O–H groups in total. The molecule has 0 fully saturated rings. The first-order valence-corrected chi connectivity index (χ1v) is 6.65. The molecule has 0 aliphatic heterocycles. The van der Waals surface area contributed by atoms with E-state index >= 15 is 0 Å². The van der Waals surface area contributed by atoms with Crippen LogP contribution in [0.2, 0.25) is 5.02 Å². The van der Waals surface area contributed by atoms with Gasteiger partial charge in [-0.3, -0.25) is 9.67 Å². The summed E-state index contributed by atoms with van der Waals surface area (Å²) in [5.41, 5.74) is 11.1. The highest BCUT2D eigenvalue weighted by Crippen LogP contribution is 2.25. The first-order chi connectivity index (χ1) is 8.90. The second kappa shape index (κ2) is 5.31. The zero-order valence-corrected chi connectivity index (χ0v) is 12.5. The number of aryl methyl sites for hydroxylation is 4. The van der Waals surface area contributed by atoms with Crippen LogP contribution in [0.5, 0.6) is 0 Å². The van der Waals surface area contributed by atoms with Crippen molar-refractivity contribution in [3.05, 3.63) is 45.5 Å². The Morgan fingerprint density at radius 2 is 1.95 bits per heavy atom. The van der Waals surface area contributed by atoms with Gasteiger partial charge in [0, 0.05) is 30.9 Å². The standard InChI is InChI=1S/C14H19ClN4/c1-8-5-6-11(9(2)17-8)12(16)7-13-14(15)10(3)18-19(13)4/h5-6,12H,7,16H2,1-4H3. The molecule has 0 aliphatic carbocycles. The number of hydrogen-bond acceptors (Lipinski definition) is 3. The molecule has 1 atom stereocenters. The van der Waals surface area contributed by atoms with E-state index < -0.39 is 0 Å². The molecule has 1 unspecified atom stereocenters. The molecule has 5 heteroatoms. The summed E-state index contributed by atoms with van der Waals surface area (Å²) in [6.45, 7) is 5.86. The summed E-state index contributed by atoms with van der Waals surface area (Å²) in [5.74, 6) is 0. The van der Waals surface area contributed by atoms with Crippen LogP contribution in [0.4, 0.5) is 0 Å². The van der Waals surface area contributed by atoms with Crippen molar-refractivity contribution in [2.45, 2.75) is 33.2 Å². The van der Waals surface area contributed by atoms with Crippen molar-refractivity contribution in [1.29, 1.82) is 0 Å². The summed E-state index contributed by atoms with van der Waals surface area (Å²) in [6, 6.07) is 3.90. The molecule has 102 valence electrons. The van der Waals surface area contributed by atoms with E-state index in [1.54, 1.807) is 4.68 Å². The maximum Gasteiger partial charge on any atom is 0.0847 e. The first-order valence-electron chi connectivity index (χ1n) is 6.28. The molecule has 2 aromatic heterocycles. The van der Waals surface area contributed by atoms with Gasteiger partial charge in [-0.05, 0) is 32.4 Å². The highest BCUT2D eigenvalue weighted by Gasteiger charge is 2.17. The minimum absolute atomic E-state index is 0.125. The number of halogens is 1. The van der Waals surface area contributed by atoms with Crippen molar-refractivity contribution >= 4 is 11.6 Å². The lowest BCUT2D eigenvalue weighted by Crippen LogP contribution is -2.17. The highest BCUT2D eigenvalue weighted by atomic mass is 35.5. The Morgan fingerprint density at radius 3 is 2.47 bits per heavy atom. The highest BCUT2D eigenvalue weighted by molar-refractivity contribution is 6.31. The molecule has 0 saturated carbocycles. The van der Waals surface area contributed by atoms with E-state index in [1.807, 2.05) is 40.0 Å². The summed E-state index contributed by atoms with van der Waals surface area (Å²) < 4.78 is 1.80. The van der Waals surface area contributed by atoms with Gasteiger partial charge in [0.2, 0.25) is 0 Å². The lowest BCUT2D eigenvalue weighted by atomic mass is 10.0. The van der Waals surface area contributed by atoms with Gasteiger partial charge in [0.15, 0.2) is 0 Å². The van der Waals surface area contributed by atoms with E-state index in [4.69, 9.17) is 17.3 Å². The second-order valence-electron chi connectivity index (χ2n) is 4.91. The van der Waals surface area contributed by atoms with Gasteiger partial charge in [0.1, 0.15) is 0 Å². The zero-order valence-electron chi connectivity index (χ0n) is 11.7. The topological polar surface area (TPSA) is 56.7 Å². The lowest BCUT2D eigenvalue weighted by molar-refractivity contribution is 0.635. The molecular formula is C14H19ClN4. The van der Waals surface area contributed by atoms with Gasteiger partial charge in [0.25, 0.3) is 0 Å². The molecule has 4 nitrogen and oxygen atoms in total. The Kier molecular flexibility index (Phi) is 3.92. The van der Waals surface area contributed by atoms with E-state index in [0.29, 0.717) is 11.4 Å². The molecule has 0 radical (unpaired) electrons. The van der Waals surface area contributed by atoms with Crippen molar-refractivity contribution in [3.63, 3.8) is 0 Å². The monoisotopic (exact) mass is 278 g/mol. The van der Waals surface area contributed by atoms with Crippen molar-refractivity contribution in [2.24, 2.45) is 12.8 Å². The van der Waals surface area contributed by atoms with Gasteiger partial charge >= 0.3 is 0 Å². The fraction of sp³-hybridized carbons (Fsp3) is 0.429. The molecule has 0 saturated heterocycles. The average molecular weight is 279 g/mol. The van der Waals surface area contributed by atoms with Crippen LogP contribution in [0.3, 0.4) is 0 Å². The van der Waals surface area contributed by atoms with Crippen LogP contribution in [0, 0.1) is 20.8 Å². The van der Waals surface area contributed by atoms with Gasteiger partial charge in [0.05, 0.1) is 16.4 Å². The van der Waals surface area contributed by atoms with E-state index in [1.165, 1.54) is 0 Å². The zero-order chi connectivity index (χ0) is 14.2. The third-order valence-corrected chi connectivity index (χ3v) is 3.83. The normalized spacial score (nSPS) is 12.7. The van der Waals surface area contributed by atoms with Crippen LogP contribution >= 0.6 is 11.6 Å². The number of nitrogens with zero attached hydrogens (tertiary/aromatic N) is 3. The summed E-state index contributed by atoms with van der Waals surface area (Å²) in [5, 5.41) is 5.01. The molecule has 2 rings (SSSR count). The van der Waals surface area contributed by atoms with Crippen molar-refractivity contribution in [1.82, 2.24) is 14.8 Å². The van der Waals surface area contributed by atoms with Crippen LogP contribution < -0.4 is 5.73 Å². The SMILES string of the molecule is Cc1ccc(C(N)Cc2c(Cl)c(C)nn2C)c(C)n1. The van der Waals surface area contributed by atoms with Gasteiger partial charge in [-0.2, -0.15) is 5.10 Å². The number of pyridine rings is 1. The predicted molar refractivity (Wildman–Crippen MR) is 77.3 cm³/mol. The fourth-order valence-electron chi connectivity index (χ4n) is 2.31. The summed E-state index contributed by atoms with van der Waals surface area (Å²) in [7, 11) is 1.89. The van der Waals surface area contributed by atoms with Gasteiger partial charge in [-0.25, -0.2) is 0 Å².